The van der Waals surface area contributed by atoms with E-state index in [0.717, 1.165) is 30.6 Å². The van der Waals surface area contributed by atoms with E-state index in [2.05, 4.69) is 11.9 Å². The summed E-state index contributed by atoms with van der Waals surface area (Å²) in [6.45, 7) is 1.83. The number of benzene rings is 1. The third kappa shape index (κ3) is 1.69. The van der Waals surface area contributed by atoms with Crippen molar-refractivity contribution in [2.45, 2.75) is 13.0 Å². The summed E-state index contributed by atoms with van der Waals surface area (Å²) in [5.41, 5.74) is 2.26. The topological polar surface area (TPSA) is 41.9 Å². The summed E-state index contributed by atoms with van der Waals surface area (Å²) in [5.74, 6) is 1.24. The third-order valence-electron chi connectivity index (χ3n) is 3.01. The minimum atomic E-state index is 0.155. The van der Waals surface area contributed by atoms with E-state index in [4.69, 9.17) is 9.47 Å². The molecule has 0 saturated carbocycles. The summed E-state index contributed by atoms with van der Waals surface area (Å²) < 4.78 is 10.5. The quantitative estimate of drug-likeness (QED) is 0.823. The summed E-state index contributed by atoms with van der Waals surface area (Å²) in [4.78, 5) is 2.22. The molecular weight excluding hydrogens is 206 g/mol. The number of phenolic OH excluding ortho intramolecular Hbond substituents is 1. The maximum Gasteiger partial charge on any atom is 0.203 e. The Balaban J connectivity index is 2.57. The Hall–Kier alpha value is -1.42. The van der Waals surface area contributed by atoms with Gasteiger partial charge in [-0.3, -0.25) is 0 Å². The first-order chi connectivity index (χ1) is 7.67. The Kier molecular flexibility index (Phi) is 2.92. The lowest BCUT2D eigenvalue weighted by atomic mass is 9.98. The van der Waals surface area contributed by atoms with Gasteiger partial charge >= 0.3 is 0 Å². The van der Waals surface area contributed by atoms with Gasteiger partial charge in [-0.15, -0.1) is 0 Å². The number of hydrogen-bond acceptors (Lipinski definition) is 4. The lowest BCUT2D eigenvalue weighted by Crippen LogP contribution is -2.27. The van der Waals surface area contributed by atoms with Crippen LogP contribution in [-0.4, -0.2) is 37.8 Å². The number of phenols is 1. The molecule has 16 heavy (non-hydrogen) atoms. The first-order valence-corrected chi connectivity index (χ1v) is 5.31. The average Bonchev–Trinajstić information content (AvgIpc) is 2.28. The van der Waals surface area contributed by atoms with Crippen molar-refractivity contribution >= 4 is 0 Å². The fourth-order valence-electron chi connectivity index (χ4n) is 2.19. The molecule has 1 aliphatic rings. The zero-order valence-corrected chi connectivity index (χ0v) is 9.91. The van der Waals surface area contributed by atoms with Crippen LogP contribution >= 0.6 is 0 Å². The maximum atomic E-state index is 9.83. The fourth-order valence-corrected chi connectivity index (χ4v) is 2.19. The Labute approximate surface area is 95.4 Å². The first kappa shape index (κ1) is 11.1. The molecule has 0 bridgehead atoms. The standard InChI is InChI=1S/C12H17NO3/c1-13-5-4-8-6-10(14)12(16-3)11(15-2)9(8)7-13/h6,14H,4-5,7H2,1-3H3. The molecule has 0 unspecified atom stereocenters. The molecule has 0 radical (unpaired) electrons. The lowest BCUT2D eigenvalue weighted by molar-refractivity contribution is 0.288. The molecule has 0 atom stereocenters. The lowest BCUT2D eigenvalue weighted by Gasteiger charge is -2.27. The van der Waals surface area contributed by atoms with Crippen molar-refractivity contribution in [3.05, 3.63) is 17.2 Å². The van der Waals surface area contributed by atoms with Gasteiger partial charge in [0.2, 0.25) is 5.75 Å². The molecule has 1 aromatic carbocycles. The van der Waals surface area contributed by atoms with Gasteiger partial charge in [0.1, 0.15) is 0 Å². The van der Waals surface area contributed by atoms with E-state index in [9.17, 15) is 5.11 Å². The molecular formula is C12H17NO3. The van der Waals surface area contributed by atoms with E-state index >= 15 is 0 Å². The van der Waals surface area contributed by atoms with E-state index in [1.165, 1.54) is 7.11 Å². The van der Waals surface area contributed by atoms with E-state index in [-0.39, 0.29) is 5.75 Å². The molecule has 0 fully saturated rings. The molecule has 1 N–H and O–H groups in total. The number of rotatable bonds is 2. The summed E-state index contributed by atoms with van der Waals surface area (Å²) in [6, 6.07) is 1.78. The Morgan fingerprint density at radius 1 is 1.25 bits per heavy atom. The van der Waals surface area contributed by atoms with Crippen molar-refractivity contribution in [2.75, 3.05) is 27.8 Å². The van der Waals surface area contributed by atoms with Crippen LogP contribution in [0.5, 0.6) is 17.2 Å². The van der Waals surface area contributed by atoms with Crippen molar-refractivity contribution < 1.29 is 14.6 Å². The molecule has 1 heterocycles. The highest BCUT2D eigenvalue weighted by Gasteiger charge is 2.23. The second-order valence-electron chi connectivity index (χ2n) is 4.09. The highest BCUT2D eigenvalue weighted by molar-refractivity contribution is 5.59. The van der Waals surface area contributed by atoms with E-state index in [0.29, 0.717) is 11.5 Å². The van der Waals surface area contributed by atoms with Gasteiger partial charge in [-0.1, -0.05) is 0 Å². The molecule has 88 valence electrons. The fraction of sp³-hybridized carbons (Fsp3) is 0.500. The van der Waals surface area contributed by atoms with Gasteiger partial charge in [-0.2, -0.15) is 0 Å². The van der Waals surface area contributed by atoms with Gasteiger partial charge in [0, 0.05) is 18.7 Å². The van der Waals surface area contributed by atoms with Gasteiger partial charge < -0.3 is 19.5 Å². The van der Waals surface area contributed by atoms with Gasteiger partial charge in [-0.05, 0) is 25.1 Å². The zero-order chi connectivity index (χ0) is 11.7. The molecule has 0 aliphatic carbocycles. The molecule has 1 aromatic rings. The number of hydrogen-bond donors (Lipinski definition) is 1. The number of likely N-dealkylation sites (N-methyl/N-ethyl adjacent to an activating group) is 1. The Bertz CT molecular complexity index is 404. The zero-order valence-electron chi connectivity index (χ0n) is 9.91. The van der Waals surface area contributed by atoms with Gasteiger partial charge in [0.15, 0.2) is 11.5 Å². The van der Waals surface area contributed by atoms with E-state index in [1.54, 1.807) is 13.2 Å². The highest BCUT2D eigenvalue weighted by Crippen LogP contribution is 2.42. The second kappa shape index (κ2) is 4.22. The summed E-state index contributed by atoms with van der Waals surface area (Å²) in [7, 11) is 5.21. The van der Waals surface area contributed by atoms with Crippen LogP contribution in [-0.2, 0) is 13.0 Å². The minimum Gasteiger partial charge on any atom is -0.504 e. The molecule has 0 aromatic heterocycles. The Morgan fingerprint density at radius 2 is 1.94 bits per heavy atom. The van der Waals surface area contributed by atoms with Crippen LogP contribution in [0.25, 0.3) is 0 Å². The van der Waals surface area contributed by atoms with Crippen molar-refractivity contribution in [1.29, 1.82) is 0 Å². The molecule has 1 aliphatic heterocycles. The predicted molar refractivity (Wildman–Crippen MR) is 61.2 cm³/mol. The average molecular weight is 223 g/mol. The van der Waals surface area contributed by atoms with E-state index < -0.39 is 0 Å². The van der Waals surface area contributed by atoms with Crippen molar-refractivity contribution in [1.82, 2.24) is 4.90 Å². The molecule has 4 nitrogen and oxygen atoms in total. The number of aromatic hydroxyl groups is 1. The Morgan fingerprint density at radius 3 is 2.56 bits per heavy atom. The van der Waals surface area contributed by atoms with Crippen molar-refractivity contribution in [2.24, 2.45) is 0 Å². The third-order valence-corrected chi connectivity index (χ3v) is 3.01. The van der Waals surface area contributed by atoms with Crippen LogP contribution in [0.4, 0.5) is 0 Å². The monoisotopic (exact) mass is 223 g/mol. The van der Waals surface area contributed by atoms with Crippen LogP contribution in [0.15, 0.2) is 6.07 Å². The van der Waals surface area contributed by atoms with Crippen LogP contribution in [0.2, 0.25) is 0 Å². The molecule has 4 heteroatoms. The van der Waals surface area contributed by atoms with Crippen LogP contribution in [0.1, 0.15) is 11.1 Å². The summed E-state index contributed by atoms with van der Waals surface area (Å²) in [5, 5.41) is 9.83. The number of ether oxygens (including phenoxy) is 2. The van der Waals surface area contributed by atoms with Gasteiger partial charge in [-0.25, -0.2) is 0 Å². The largest absolute Gasteiger partial charge is 0.504 e. The molecule has 2 rings (SSSR count). The molecule has 0 spiro atoms. The summed E-state index contributed by atoms with van der Waals surface area (Å²) >= 11 is 0. The minimum absolute atomic E-state index is 0.155. The predicted octanol–water partition coefficient (Wildman–Crippen LogP) is 1.40. The SMILES string of the molecule is COc1c(O)cc2c(c1OC)CN(C)CC2. The van der Waals surface area contributed by atoms with Crippen LogP contribution < -0.4 is 9.47 Å². The van der Waals surface area contributed by atoms with E-state index in [1.807, 2.05) is 0 Å². The molecule has 0 amide bonds. The summed E-state index contributed by atoms with van der Waals surface area (Å²) in [6.07, 6.45) is 0.930. The van der Waals surface area contributed by atoms with Crippen molar-refractivity contribution in [3.8, 4) is 17.2 Å². The van der Waals surface area contributed by atoms with Crippen LogP contribution in [0.3, 0.4) is 0 Å². The number of methoxy groups -OCH3 is 2. The maximum absolute atomic E-state index is 9.83. The molecule has 0 saturated heterocycles. The van der Waals surface area contributed by atoms with Crippen molar-refractivity contribution in [3.63, 3.8) is 0 Å². The number of fused-ring (bicyclic) bond motifs is 1. The van der Waals surface area contributed by atoms with Crippen LogP contribution in [0, 0.1) is 0 Å². The number of nitrogens with zero attached hydrogens (tertiary/aromatic N) is 1. The van der Waals surface area contributed by atoms with Gasteiger partial charge in [0.25, 0.3) is 0 Å². The highest BCUT2D eigenvalue weighted by atomic mass is 16.5. The van der Waals surface area contributed by atoms with Gasteiger partial charge in [0.05, 0.1) is 14.2 Å². The second-order valence-corrected chi connectivity index (χ2v) is 4.09. The smallest absolute Gasteiger partial charge is 0.203 e. The first-order valence-electron chi connectivity index (χ1n) is 5.31. The normalized spacial score (nSPS) is 15.7.